The van der Waals surface area contributed by atoms with Gasteiger partial charge in [0.1, 0.15) is 16.9 Å². The Morgan fingerprint density at radius 1 is 0.872 bits per heavy atom. The Bertz CT molecular complexity index is 1560. The summed E-state index contributed by atoms with van der Waals surface area (Å²) in [7, 11) is -0.827. The minimum atomic E-state index is -2.32. The van der Waals surface area contributed by atoms with Crippen LogP contribution in [0, 0.1) is 0 Å². The third-order valence-corrected chi connectivity index (χ3v) is 6.41. The van der Waals surface area contributed by atoms with Crippen molar-refractivity contribution in [2.24, 2.45) is 0 Å². The van der Waals surface area contributed by atoms with Crippen molar-refractivity contribution in [3.8, 4) is 22.9 Å². The van der Waals surface area contributed by atoms with Crippen LogP contribution < -0.4 is 14.6 Å². The molecule has 2 aromatic carbocycles. The Morgan fingerprint density at radius 2 is 1.54 bits per heavy atom. The topological polar surface area (TPSA) is 111 Å². The number of carbonyl (C=O) groups excluding carboxylic acids is 2. The van der Waals surface area contributed by atoms with Crippen LogP contribution in [0.1, 0.15) is 41.5 Å². The van der Waals surface area contributed by atoms with Crippen molar-refractivity contribution in [2.45, 2.75) is 52.7 Å². The molecule has 11 heteroatoms. The molecule has 2 aromatic heterocycles. The highest BCUT2D eigenvalue weighted by molar-refractivity contribution is 7.49. The largest absolute Gasteiger partial charge is 0.601 e. The lowest BCUT2D eigenvalue weighted by Crippen LogP contribution is -2.28. The lowest BCUT2D eigenvalue weighted by atomic mass is 10.1. The van der Waals surface area contributed by atoms with Crippen LogP contribution in [0.3, 0.4) is 0 Å². The molecule has 0 N–H and O–H groups in total. The number of benzene rings is 2. The monoisotopic (exact) mass is 552 g/mol. The number of fused-ring (bicyclic) bond motifs is 1. The lowest BCUT2D eigenvalue weighted by Gasteiger charge is -2.20. The molecule has 204 valence electrons. The van der Waals surface area contributed by atoms with Gasteiger partial charge in [-0.1, -0.05) is 12.1 Å². The third-order valence-electron chi connectivity index (χ3n) is 5.27. The first-order valence-electron chi connectivity index (χ1n) is 12.2. The van der Waals surface area contributed by atoms with Crippen molar-refractivity contribution < 1.29 is 32.9 Å². The predicted molar refractivity (Wildman–Crippen MR) is 147 cm³/mol. The van der Waals surface area contributed by atoms with Crippen LogP contribution in [0.25, 0.3) is 22.3 Å². The first-order valence-corrected chi connectivity index (χ1v) is 13.4. The fraction of sp³-hybridized carbons (Fsp3) is 0.321. The summed E-state index contributed by atoms with van der Waals surface area (Å²) in [5.41, 5.74) is -0.368. The fourth-order valence-electron chi connectivity index (χ4n) is 3.76. The quantitative estimate of drug-likeness (QED) is 0.257. The van der Waals surface area contributed by atoms with E-state index in [1.807, 2.05) is 0 Å². The van der Waals surface area contributed by atoms with Crippen LogP contribution in [-0.4, -0.2) is 44.8 Å². The molecule has 0 saturated heterocycles. The van der Waals surface area contributed by atoms with Gasteiger partial charge in [0.2, 0.25) is 0 Å². The number of hydrogen-bond acceptors (Lipinski definition) is 8. The highest BCUT2D eigenvalue weighted by Gasteiger charge is 2.30. The van der Waals surface area contributed by atoms with Crippen LogP contribution in [0.5, 0.6) is 11.5 Å². The number of carbonyl (C=O) groups is 2. The van der Waals surface area contributed by atoms with Gasteiger partial charge in [-0.15, -0.1) is 0 Å². The molecular formula is C28H31N3O7P+. The van der Waals surface area contributed by atoms with E-state index in [-0.39, 0.29) is 5.75 Å². The summed E-state index contributed by atoms with van der Waals surface area (Å²) in [5, 5.41) is 5.40. The summed E-state index contributed by atoms with van der Waals surface area (Å²) in [5.74, 6) is 0.711. The molecular weight excluding hydrogens is 521 g/mol. The zero-order valence-corrected chi connectivity index (χ0v) is 23.8. The maximum absolute atomic E-state index is 13.1. The first kappa shape index (κ1) is 27.9. The van der Waals surface area contributed by atoms with Gasteiger partial charge in [-0.05, 0) is 88.6 Å². The molecule has 1 atom stereocenters. The normalized spacial score (nSPS) is 12.2. The summed E-state index contributed by atoms with van der Waals surface area (Å²) >= 11 is 0. The van der Waals surface area contributed by atoms with E-state index in [9.17, 15) is 14.2 Å². The van der Waals surface area contributed by atoms with Crippen LogP contribution in [-0.2, 0) is 14.0 Å². The maximum Gasteiger partial charge on any atom is 0.601 e. The summed E-state index contributed by atoms with van der Waals surface area (Å²) in [4.78, 5) is 26.0. The smallest absolute Gasteiger partial charge is 0.492 e. The van der Waals surface area contributed by atoms with E-state index in [4.69, 9.17) is 18.7 Å². The van der Waals surface area contributed by atoms with Crippen molar-refractivity contribution in [2.75, 3.05) is 7.11 Å². The average Bonchev–Trinajstić information content (AvgIpc) is 3.46. The van der Waals surface area contributed by atoms with Gasteiger partial charge >= 0.3 is 20.2 Å². The second-order valence-electron chi connectivity index (χ2n) is 10.7. The minimum Gasteiger partial charge on any atom is -0.492 e. The highest BCUT2D eigenvalue weighted by atomic mass is 31.1. The average molecular weight is 553 g/mol. The number of ether oxygens (including phenoxy) is 3. The van der Waals surface area contributed by atoms with Gasteiger partial charge < -0.3 is 14.2 Å². The van der Waals surface area contributed by atoms with Crippen LogP contribution in [0.15, 0.2) is 60.8 Å². The van der Waals surface area contributed by atoms with Crippen LogP contribution in [0.2, 0.25) is 0 Å². The van der Waals surface area contributed by atoms with Crippen LogP contribution in [0.4, 0.5) is 9.59 Å². The van der Waals surface area contributed by atoms with Gasteiger partial charge in [-0.3, -0.25) is 9.09 Å². The standard InChI is InChI=1S/C28H31N3O7P/c1-27(2,3)36-25(32)30-16-10-11-21(30)24-19-17-18(38-39(34)23-13-9-8-12-22(23)35-7)14-15-20(19)31(29-24)26(33)37-28(4,5)6/h8-17H,1-7H3/q+1. The molecule has 4 rings (SSSR count). The van der Waals surface area contributed by atoms with E-state index in [1.165, 1.54) is 11.7 Å². The van der Waals surface area contributed by atoms with Crippen molar-refractivity contribution in [3.05, 3.63) is 60.8 Å². The maximum atomic E-state index is 13.1. The van der Waals surface area contributed by atoms with Gasteiger partial charge in [-0.25, -0.2) is 9.59 Å². The molecule has 0 radical (unpaired) electrons. The summed E-state index contributed by atoms with van der Waals surface area (Å²) < 4.78 is 37.7. The number of nitrogens with zero attached hydrogens (tertiary/aromatic N) is 3. The van der Waals surface area contributed by atoms with E-state index < -0.39 is 31.4 Å². The number of para-hydroxylation sites is 1. The Hall–Kier alpha value is -4.17. The molecule has 4 aromatic rings. The van der Waals surface area contributed by atoms with Gasteiger partial charge in [0, 0.05) is 11.6 Å². The number of hydrogen-bond donors (Lipinski definition) is 0. The Balaban J connectivity index is 1.82. The lowest BCUT2D eigenvalue weighted by molar-refractivity contribution is 0.0520. The Morgan fingerprint density at radius 3 is 2.21 bits per heavy atom. The molecule has 0 aliphatic carbocycles. The second-order valence-corrected chi connectivity index (χ2v) is 11.9. The molecule has 0 fully saturated rings. The molecule has 10 nitrogen and oxygen atoms in total. The summed E-state index contributed by atoms with van der Waals surface area (Å²) in [6, 6.07) is 15.1. The third kappa shape index (κ3) is 6.29. The van der Waals surface area contributed by atoms with Gasteiger partial charge in [-0.2, -0.15) is 9.78 Å². The highest BCUT2D eigenvalue weighted by Crippen LogP contribution is 2.36. The van der Waals surface area contributed by atoms with Gasteiger partial charge in [0.15, 0.2) is 11.5 Å². The van der Waals surface area contributed by atoms with E-state index in [1.54, 1.807) is 102 Å². The molecule has 39 heavy (non-hydrogen) atoms. The number of methoxy groups -OCH3 is 1. The summed E-state index contributed by atoms with van der Waals surface area (Å²) in [6.07, 6.45) is 0.262. The number of aromatic nitrogens is 3. The van der Waals surface area contributed by atoms with E-state index in [0.717, 1.165) is 4.68 Å². The number of rotatable bonds is 5. The molecule has 2 heterocycles. The zero-order chi connectivity index (χ0) is 28.5. The van der Waals surface area contributed by atoms with Crippen molar-refractivity contribution >= 4 is 36.4 Å². The van der Waals surface area contributed by atoms with Crippen molar-refractivity contribution in [1.29, 1.82) is 0 Å². The van der Waals surface area contributed by atoms with E-state index in [0.29, 0.717) is 33.3 Å². The van der Waals surface area contributed by atoms with Crippen LogP contribution >= 0.6 is 8.03 Å². The van der Waals surface area contributed by atoms with Gasteiger partial charge in [0.05, 0.1) is 18.3 Å². The molecule has 1 unspecified atom stereocenters. The molecule has 0 spiro atoms. The first-order chi connectivity index (χ1) is 18.3. The predicted octanol–water partition coefficient (Wildman–Crippen LogP) is 6.53. The molecule has 0 aliphatic heterocycles. The Labute approximate surface area is 227 Å². The van der Waals surface area contributed by atoms with Crippen molar-refractivity contribution in [1.82, 2.24) is 14.3 Å². The minimum absolute atomic E-state index is 0.273. The van der Waals surface area contributed by atoms with E-state index >= 15 is 0 Å². The molecule has 0 saturated carbocycles. The van der Waals surface area contributed by atoms with Crippen molar-refractivity contribution in [3.63, 3.8) is 0 Å². The van der Waals surface area contributed by atoms with E-state index in [2.05, 4.69) is 5.10 Å². The SMILES string of the molecule is COc1ccccc1[P+](=O)Oc1ccc2c(c1)c(-c1cccn1C(=O)OC(C)(C)C)nn2C(=O)OC(C)(C)C. The summed E-state index contributed by atoms with van der Waals surface area (Å²) in [6.45, 7) is 10.6. The van der Waals surface area contributed by atoms with Gasteiger partial charge in [0.25, 0.3) is 5.30 Å². The molecule has 0 bridgehead atoms. The fourth-order valence-corrected chi connectivity index (χ4v) is 4.71. The molecule has 0 aliphatic rings. The second kappa shape index (κ2) is 10.5. The Kier molecular flexibility index (Phi) is 7.52. The molecule has 0 amide bonds. The zero-order valence-electron chi connectivity index (χ0n) is 22.9.